The van der Waals surface area contributed by atoms with Crippen LogP contribution in [0, 0.1) is 0 Å². The van der Waals surface area contributed by atoms with Gasteiger partial charge in [0, 0.05) is 17.0 Å². The average molecular weight is 331 g/mol. The van der Waals surface area contributed by atoms with Crippen LogP contribution >= 0.6 is 25.5 Å². The lowest BCUT2D eigenvalue weighted by atomic mass is 13.0. The van der Waals surface area contributed by atoms with Gasteiger partial charge in [0.2, 0.25) is 0 Å². The quantitative estimate of drug-likeness (QED) is 0.156. The van der Waals surface area contributed by atoms with E-state index in [4.69, 9.17) is 0 Å². The topological polar surface area (TPSA) is 357 Å². The molecule has 26 N–H and O–H groups in total. The SMILES string of the molecule is NN.NN.NN.NN.NN.NN.n1p[nH][pH][nH][pH]1. The van der Waals surface area contributed by atoms with E-state index in [-0.39, 0.29) is 0 Å². The summed E-state index contributed by atoms with van der Waals surface area (Å²) in [6.45, 7) is 0. The van der Waals surface area contributed by atoms with Gasteiger partial charge in [-0.25, -0.2) is 0 Å². The summed E-state index contributed by atoms with van der Waals surface area (Å²) < 4.78 is 10.0. The van der Waals surface area contributed by atoms with Gasteiger partial charge in [0.1, 0.15) is 8.51 Å². The number of rotatable bonds is 0. The maximum absolute atomic E-state index is 4.00. The van der Waals surface area contributed by atoms with Crippen molar-refractivity contribution in [1.29, 1.82) is 0 Å². The number of nitrogens with two attached hydrogens (primary N) is 12. The van der Waals surface area contributed by atoms with Gasteiger partial charge in [0.05, 0.1) is 0 Å². The molecule has 1 aromatic heterocycles. The minimum absolute atomic E-state index is 0.614. The van der Waals surface area contributed by atoms with Gasteiger partial charge in [0.15, 0.2) is 0 Å². The Hall–Kier alpha value is -0.180. The van der Waals surface area contributed by atoms with Gasteiger partial charge >= 0.3 is 0 Å². The summed E-state index contributed by atoms with van der Waals surface area (Å²) >= 11 is 0. The molecule has 0 fully saturated rings. The molecule has 0 amide bonds. The summed E-state index contributed by atoms with van der Waals surface area (Å²) in [5.41, 5.74) is 0. The van der Waals surface area contributed by atoms with Gasteiger partial charge in [-0.05, 0) is 0 Å². The summed E-state index contributed by atoms with van der Waals surface area (Å²) in [5, 5.41) is 0. The zero-order valence-electron chi connectivity index (χ0n) is 9.82. The third kappa shape index (κ3) is 103. The minimum Gasteiger partial charge on any atom is -0.313 e. The van der Waals surface area contributed by atoms with E-state index in [9.17, 15) is 0 Å². The highest BCUT2D eigenvalue weighted by atomic mass is 31.1. The van der Waals surface area contributed by atoms with Crippen molar-refractivity contribution in [2.24, 2.45) is 70.1 Å². The van der Waals surface area contributed by atoms with Gasteiger partial charge in [-0.1, -0.05) is 0 Å². The average Bonchev–Trinajstić information content (AvgIpc) is 2.60. The fourth-order valence-corrected chi connectivity index (χ4v) is 2.81. The zero-order chi connectivity index (χ0) is 16.2. The molecule has 1 rings (SSSR count). The Morgan fingerprint density at radius 3 is 1.06 bits per heavy atom. The van der Waals surface area contributed by atoms with Crippen molar-refractivity contribution in [2.45, 2.75) is 0 Å². The third-order valence-corrected chi connectivity index (χ3v) is 2.92. The molecule has 0 saturated heterocycles. The van der Waals surface area contributed by atoms with E-state index >= 15 is 0 Å². The molecule has 2 unspecified atom stereocenters. The second-order valence-corrected chi connectivity index (χ2v) is 4.04. The number of nitrogens with one attached hydrogen (secondary N) is 2. The normalized spacial score (nSPS) is 6.00. The van der Waals surface area contributed by atoms with Gasteiger partial charge in [0.25, 0.3) is 0 Å². The van der Waals surface area contributed by atoms with E-state index in [1.165, 1.54) is 0 Å². The van der Waals surface area contributed by atoms with Crippen LogP contribution in [0.1, 0.15) is 0 Å². The summed E-state index contributed by atoms with van der Waals surface area (Å²) in [6.07, 6.45) is 0. The number of nitrogens with zero attached hydrogens (tertiary/aromatic N) is 1. The van der Waals surface area contributed by atoms with Gasteiger partial charge < -0.3 is 9.02 Å². The van der Waals surface area contributed by atoms with Crippen LogP contribution in [-0.2, 0) is 0 Å². The van der Waals surface area contributed by atoms with Crippen LogP contribution in [0.4, 0.5) is 0 Å². The lowest BCUT2D eigenvalue weighted by Gasteiger charge is -1.75. The number of aromatic amines is 2. The first-order valence-corrected chi connectivity index (χ1v) is 6.19. The highest BCUT2D eigenvalue weighted by Crippen LogP contribution is 2.01. The number of hydrazine groups is 6. The Balaban J connectivity index is -0.0000000262. The summed E-state index contributed by atoms with van der Waals surface area (Å²) in [6, 6.07) is 0. The zero-order valence-corrected chi connectivity index (χ0v) is 12.7. The minimum atomic E-state index is 0.614. The van der Waals surface area contributed by atoms with Crippen molar-refractivity contribution in [3.8, 4) is 0 Å². The lowest BCUT2D eigenvalue weighted by molar-refractivity contribution is 1.26. The maximum atomic E-state index is 4.00. The predicted octanol–water partition coefficient (Wildman–Crippen LogP) is -5.58. The molecule has 0 aromatic carbocycles. The second kappa shape index (κ2) is 124. The number of hydrogen-bond donors (Lipinski definition) is 14. The Labute approximate surface area is 110 Å². The molecule has 18 heavy (non-hydrogen) atoms. The predicted molar refractivity (Wildman–Crippen MR) is 82.3 cm³/mol. The van der Waals surface area contributed by atoms with Crippen molar-refractivity contribution in [3.05, 3.63) is 0 Å². The lowest BCUT2D eigenvalue weighted by Crippen LogP contribution is -2.02. The highest BCUT2D eigenvalue weighted by molar-refractivity contribution is 7.43. The van der Waals surface area contributed by atoms with Crippen molar-refractivity contribution in [1.82, 2.24) is 13.5 Å². The Bertz CT molecular complexity index is 83.7. The molecule has 0 aliphatic carbocycles. The molecule has 15 nitrogen and oxygen atoms in total. The largest absolute Gasteiger partial charge is 0.313 e. The molecule has 18 heteroatoms. The summed E-state index contributed by atoms with van der Waals surface area (Å²) in [5.74, 6) is 48.0. The molecule has 0 aliphatic rings. The van der Waals surface area contributed by atoms with Gasteiger partial charge in [-0.3, -0.25) is 70.1 Å². The van der Waals surface area contributed by atoms with Crippen LogP contribution in [0.3, 0.4) is 0 Å². The number of aromatic nitrogens is 3. The molecular weight excluding hydrogens is 303 g/mol. The standard InChI is InChI=1S/H4N3P3.6H4N2/c1-4-2-6-3-5-1;6*1-2/h1,4-5H,(H,2,3);6*1-2H2. The van der Waals surface area contributed by atoms with Crippen LogP contribution < -0.4 is 70.1 Å². The smallest absolute Gasteiger partial charge is 0.138 e. The van der Waals surface area contributed by atoms with Crippen LogP contribution in [0.2, 0.25) is 0 Å². The van der Waals surface area contributed by atoms with Crippen molar-refractivity contribution in [3.63, 3.8) is 0 Å². The maximum Gasteiger partial charge on any atom is 0.138 e. The Morgan fingerprint density at radius 1 is 0.667 bits per heavy atom. The Morgan fingerprint density at radius 2 is 1.00 bits per heavy atom. The first kappa shape index (κ1) is 36.1. The first-order chi connectivity index (χ1) is 9.00. The van der Waals surface area contributed by atoms with E-state index in [2.05, 4.69) is 83.6 Å². The van der Waals surface area contributed by atoms with E-state index in [0.29, 0.717) is 17.0 Å². The molecule has 0 spiro atoms. The van der Waals surface area contributed by atoms with Crippen LogP contribution in [-0.4, -0.2) is 13.5 Å². The molecule has 0 saturated carbocycles. The molecule has 118 valence electrons. The molecule has 0 aliphatic heterocycles. The van der Waals surface area contributed by atoms with Gasteiger partial charge in [-0.2, -0.15) is 4.51 Å². The van der Waals surface area contributed by atoms with Crippen molar-refractivity contribution in [2.75, 3.05) is 0 Å². The Kier molecular flexibility index (Phi) is 249. The van der Waals surface area contributed by atoms with Crippen molar-refractivity contribution < 1.29 is 0 Å². The van der Waals surface area contributed by atoms with Crippen molar-refractivity contribution >= 4 is 25.5 Å². The molecule has 2 atom stereocenters. The van der Waals surface area contributed by atoms with Crippen LogP contribution in [0.15, 0.2) is 0 Å². The van der Waals surface area contributed by atoms with E-state index < -0.39 is 0 Å². The molecule has 0 radical (unpaired) electrons. The van der Waals surface area contributed by atoms with Crippen LogP contribution in [0.5, 0.6) is 0 Å². The second-order valence-electron chi connectivity index (χ2n) is 0.674. The van der Waals surface area contributed by atoms with E-state index in [1.807, 2.05) is 0 Å². The van der Waals surface area contributed by atoms with E-state index in [1.54, 1.807) is 0 Å². The fraction of sp³-hybridized carbons (Fsp3) is 0. The van der Waals surface area contributed by atoms with E-state index in [0.717, 1.165) is 8.51 Å². The van der Waals surface area contributed by atoms with Gasteiger partial charge in [-0.15, -0.1) is 0 Å². The first-order valence-electron chi connectivity index (χ1n) is 3.40. The molecule has 1 heterocycles. The van der Waals surface area contributed by atoms with Crippen LogP contribution in [0.25, 0.3) is 0 Å². The monoisotopic (exact) mass is 331 g/mol. The summed E-state index contributed by atoms with van der Waals surface area (Å²) in [7, 11) is 2.36. The molecular formula is H28N15P3. The number of H-pyrrole nitrogens is 2. The summed E-state index contributed by atoms with van der Waals surface area (Å²) in [4.78, 5) is 0. The number of hydrogen-bond acceptors (Lipinski definition) is 13. The third-order valence-electron chi connectivity index (χ3n) is 0.324. The molecule has 0 bridgehead atoms. The fourth-order valence-electron chi connectivity index (χ4n) is 0.156. The molecule has 1 aromatic rings. The highest BCUT2D eigenvalue weighted by Gasteiger charge is 1.55.